The molecular weight excluding hydrogens is 268 g/mol. The van der Waals surface area contributed by atoms with Gasteiger partial charge in [-0.25, -0.2) is 0 Å². The molecule has 0 aliphatic carbocycles. The van der Waals surface area contributed by atoms with Gasteiger partial charge in [-0.15, -0.1) is 0 Å². The highest BCUT2D eigenvalue weighted by molar-refractivity contribution is 9.10. The van der Waals surface area contributed by atoms with Gasteiger partial charge in [-0.3, -0.25) is 9.36 Å². The van der Waals surface area contributed by atoms with Crippen LogP contribution in [0, 0.1) is 0 Å². The van der Waals surface area contributed by atoms with E-state index in [4.69, 9.17) is 0 Å². The van der Waals surface area contributed by atoms with E-state index in [-0.39, 0.29) is 5.52 Å². The molecule has 2 aromatic rings. The van der Waals surface area contributed by atoms with E-state index in [1.807, 2.05) is 0 Å². The number of alkyl halides is 2. The summed E-state index contributed by atoms with van der Waals surface area (Å²) in [7, 11) is 0. The molecule has 0 aliphatic heterocycles. The van der Waals surface area contributed by atoms with E-state index < -0.39 is 12.1 Å². The van der Waals surface area contributed by atoms with Gasteiger partial charge >= 0.3 is 6.55 Å². The van der Waals surface area contributed by atoms with Crippen LogP contribution in [-0.2, 0) is 0 Å². The molecule has 78 valence electrons. The zero-order chi connectivity index (χ0) is 11.0. The fourth-order valence-corrected chi connectivity index (χ4v) is 1.99. The fraction of sp³-hybridized carbons (Fsp3) is 0.100. The zero-order valence-electron chi connectivity index (χ0n) is 7.45. The Balaban J connectivity index is 2.96. The molecule has 1 aromatic heterocycles. The molecule has 0 bridgehead atoms. The molecule has 0 atom stereocenters. The number of halogens is 3. The maximum Gasteiger partial charge on any atom is 0.321 e. The van der Waals surface area contributed by atoms with Gasteiger partial charge in [-0.05, 0) is 22.0 Å². The van der Waals surface area contributed by atoms with Gasteiger partial charge in [0, 0.05) is 15.9 Å². The summed E-state index contributed by atoms with van der Waals surface area (Å²) < 4.78 is 26.3. The number of para-hydroxylation sites is 1. The van der Waals surface area contributed by atoms with Crippen molar-refractivity contribution in [3.63, 3.8) is 0 Å². The van der Waals surface area contributed by atoms with Crippen LogP contribution in [0.25, 0.3) is 10.9 Å². The van der Waals surface area contributed by atoms with E-state index in [1.54, 1.807) is 18.2 Å². The van der Waals surface area contributed by atoms with Gasteiger partial charge in [0.1, 0.15) is 0 Å². The highest BCUT2D eigenvalue weighted by Gasteiger charge is 2.13. The van der Waals surface area contributed by atoms with Crippen molar-refractivity contribution in [2.45, 2.75) is 6.55 Å². The molecule has 0 N–H and O–H groups in total. The molecule has 0 saturated carbocycles. The molecule has 0 amide bonds. The first-order chi connectivity index (χ1) is 7.11. The van der Waals surface area contributed by atoms with E-state index in [0.29, 0.717) is 14.4 Å². The minimum atomic E-state index is -2.82. The number of rotatable bonds is 1. The Morgan fingerprint density at radius 2 is 1.93 bits per heavy atom. The molecule has 5 heteroatoms. The third-order valence-corrected chi connectivity index (χ3v) is 2.76. The van der Waals surface area contributed by atoms with E-state index in [0.717, 1.165) is 6.07 Å². The normalized spacial score (nSPS) is 11.2. The van der Waals surface area contributed by atoms with E-state index in [9.17, 15) is 13.6 Å². The second-order valence-electron chi connectivity index (χ2n) is 3.00. The number of benzene rings is 1. The Morgan fingerprint density at radius 3 is 2.60 bits per heavy atom. The second kappa shape index (κ2) is 3.73. The molecule has 0 saturated heterocycles. The number of hydrogen-bond acceptors (Lipinski definition) is 1. The van der Waals surface area contributed by atoms with Crippen molar-refractivity contribution < 1.29 is 8.78 Å². The van der Waals surface area contributed by atoms with Crippen molar-refractivity contribution in [3.8, 4) is 0 Å². The summed E-state index contributed by atoms with van der Waals surface area (Å²) in [5.74, 6) is 0. The lowest BCUT2D eigenvalue weighted by atomic mass is 10.2. The van der Waals surface area contributed by atoms with Gasteiger partial charge in [0.2, 0.25) is 0 Å². The van der Waals surface area contributed by atoms with Crippen molar-refractivity contribution in [2.75, 3.05) is 0 Å². The number of aromatic nitrogens is 1. The van der Waals surface area contributed by atoms with Crippen molar-refractivity contribution in [3.05, 3.63) is 45.2 Å². The predicted octanol–water partition coefficient (Wildman–Crippen LogP) is 3.16. The van der Waals surface area contributed by atoms with Gasteiger partial charge in [-0.1, -0.05) is 18.2 Å². The smallest absolute Gasteiger partial charge is 0.269 e. The van der Waals surface area contributed by atoms with Gasteiger partial charge in [0.05, 0.1) is 5.52 Å². The molecule has 1 heterocycles. The first-order valence-electron chi connectivity index (χ1n) is 4.19. The zero-order valence-corrected chi connectivity index (χ0v) is 9.04. The summed E-state index contributed by atoms with van der Waals surface area (Å²) in [6.45, 7) is -2.82. The van der Waals surface area contributed by atoms with Crippen LogP contribution in [0.1, 0.15) is 6.55 Å². The molecular formula is C10H6BrF2NO. The lowest BCUT2D eigenvalue weighted by molar-refractivity contribution is 0.0714. The summed E-state index contributed by atoms with van der Waals surface area (Å²) in [4.78, 5) is 11.3. The molecule has 0 radical (unpaired) electrons. The predicted molar refractivity (Wildman–Crippen MR) is 57.2 cm³/mol. The molecule has 1 aromatic carbocycles. The van der Waals surface area contributed by atoms with E-state index in [1.165, 1.54) is 6.07 Å². The Kier molecular flexibility index (Phi) is 2.56. The molecule has 0 spiro atoms. The maximum atomic E-state index is 12.6. The van der Waals surface area contributed by atoms with Gasteiger partial charge in [-0.2, -0.15) is 8.78 Å². The first kappa shape index (κ1) is 10.3. The average molecular weight is 274 g/mol. The first-order valence-corrected chi connectivity index (χ1v) is 4.98. The topological polar surface area (TPSA) is 22.0 Å². The van der Waals surface area contributed by atoms with Crippen LogP contribution in [0.4, 0.5) is 8.78 Å². The monoisotopic (exact) mass is 273 g/mol. The van der Waals surface area contributed by atoms with Crippen LogP contribution >= 0.6 is 15.9 Å². The summed E-state index contributed by atoms with van der Waals surface area (Å²) in [5, 5.41) is 0.595. The highest BCUT2D eigenvalue weighted by atomic mass is 79.9. The lowest BCUT2D eigenvalue weighted by Crippen LogP contribution is -2.20. The quantitative estimate of drug-likeness (QED) is 0.782. The highest BCUT2D eigenvalue weighted by Crippen LogP contribution is 2.24. The van der Waals surface area contributed by atoms with Gasteiger partial charge in [0.25, 0.3) is 5.56 Å². The van der Waals surface area contributed by atoms with Gasteiger partial charge in [0.15, 0.2) is 0 Å². The van der Waals surface area contributed by atoms with Crippen molar-refractivity contribution in [2.24, 2.45) is 0 Å². The number of nitrogens with zero attached hydrogens (tertiary/aromatic N) is 1. The van der Waals surface area contributed by atoms with Crippen LogP contribution in [0.3, 0.4) is 0 Å². The number of pyridine rings is 1. The van der Waals surface area contributed by atoms with Crippen LogP contribution in [-0.4, -0.2) is 4.57 Å². The van der Waals surface area contributed by atoms with E-state index in [2.05, 4.69) is 15.9 Å². The Hall–Kier alpha value is -1.23. The molecule has 0 fully saturated rings. The SMILES string of the molecule is O=c1cc(Br)c2ccccc2n1C(F)F. The van der Waals surface area contributed by atoms with Crippen LogP contribution in [0.5, 0.6) is 0 Å². The molecule has 15 heavy (non-hydrogen) atoms. The molecule has 2 rings (SSSR count). The van der Waals surface area contributed by atoms with Crippen LogP contribution in [0.2, 0.25) is 0 Å². The van der Waals surface area contributed by atoms with Crippen molar-refractivity contribution >= 4 is 26.8 Å². The third-order valence-electron chi connectivity index (χ3n) is 2.10. The number of fused-ring (bicyclic) bond motifs is 1. The number of hydrogen-bond donors (Lipinski definition) is 0. The summed E-state index contributed by atoms with van der Waals surface area (Å²) in [6, 6.07) is 7.67. The Labute approximate surface area is 92.3 Å². The average Bonchev–Trinajstić information content (AvgIpc) is 2.17. The largest absolute Gasteiger partial charge is 0.321 e. The van der Waals surface area contributed by atoms with Crippen molar-refractivity contribution in [1.29, 1.82) is 0 Å². The third kappa shape index (κ3) is 1.67. The minimum Gasteiger partial charge on any atom is -0.269 e. The summed E-state index contributed by atoms with van der Waals surface area (Å²) >= 11 is 3.17. The Bertz CT molecular complexity index is 565. The van der Waals surface area contributed by atoms with Crippen molar-refractivity contribution in [1.82, 2.24) is 4.57 Å². The second-order valence-corrected chi connectivity index (χ2v) is 3.85. The lowest BCUT2D eigenvalue weighted by Gasteiger charge is -2.09. The summed E-state index contributed by atoms with van der Waals surface area (Å²) in [5.41, 5.74) is -0.484. The Morgan fingerprint density at radius 1 is 1.27 bits per heavy atom. The van der Waals surface area contributed by atoms with Gasteiger partial charge < -0.3 is 0 Å². The molecule has 0 aliphatic rings. The maximum absolute atomic E-state index is 12.6. The van der Waals surface area contributed by atoms with Crippen LogP contribution in [0.15, 0.2) is 39.6 Å². The summed E-state index contributed by atoms with van der Waals surface area (Å²) in [6.07, 6.45) is 0. The van der Waals surface area contributed by atoms with Crippen LogP contribution < -0.4 is 5.56 Å². The fourth-order valence-electron chi connectivity index (χ4n) is 1.46. The molecule has 2 nitrogen and oxygen atoms in total. The molecule has 0 unspecified atom stereocenters. The minimum absolute atomic E-state index is 0.229. The van der Waals surface area contributed by atoms with E-state index >= 15 is 0 Å². The standard InChI is InChI=1S/C10H6BrF2NO/c11-7-5-9(15)14(10(12)13)8-4-2-1-3-6(7)8/h1-5,10H.